The summed E-state index contributed by atoms with van der Waals surface area (Å²) in [6.45, 7) is 3.57. The van der Waals surface area contributed by atoms with Crippen molar-refractivity contribution in [3.8, 4) is 17.1 Å². The van der Waals surface area contributed by atoms with Crippen molar-refractivity contribution in [2.45, 2.75) is 19.9 Å². The van der Waals surface area contributed by atoms with E-state index in [9.17, 15) is 9.59 Å². The van der Waals surface area contributed by atoms with Crippen LogP contribution in [0.5, 0.6) is 0 Å². The fourth-order valence-corrected chi connectivity index (χ4v) is 2.71. The second-order valence-electron chi connectivity index (χ2n) is 6.19. The molecule has 27 heavy (non-hydrogen) atoms. The van der Waals surface area contributed by atoms with E-state index < -0.39 is 5.91 Å². The molecule has 7 nitrogen and oxygen atoms in total. The second-order valence-corrected chi connectivity index (χ2v) is 6.63. The number of rotatable bonds is 6. The van der Waals surface area contributed by atoms with Gasteiger partial charge < -0.3 is 15.1 Å². The van der Waals surface area contributed by atoms with E-state index in [2.05, 4.69) is 15.7 Å². The van der Waals surface area contributed by atoms with Gasteiger partial charge in [0.15, 0.2) is 11.5 Å². The summed E-state index contributed by atoms with van der Waals surface area (Å²) >= 11 is 6.08. The third-order valence-electron chi connectivity index (χ3n) is 3.63. The van der Waals surface area contributed by atoms with Gasteiger partial charge in [-0.3, -0.25) is 9.59 Å². The molecule has 8 heteroatoms. The number of carbonyl (C=O) groups excluding carboxylic acids is 2. The van der Waals surface area contributed by atoms with Gasteiger partial charge in [0.1, 0.15) is 5.69 Å². The molecular weight excluding hydrogens is 368 g/mol. The number of benzene rings is 1. The molecule has 0 saturated heterocycles. The number of aromatic nitrogens is 2. The molecule has 0 atom stereocenters. The van der Waals surface area contributed by atoms with Crippen molar-refractivity contribution in [2.75, 3.05) is 6.54 Å². The van der Waals surface area contributed by atoms with Crippen molar-refractivity contribution in [1.29, 1.82) is 0 Å². The summed E-state index contributed by atoms with van der Waals surface area (Å²) in [4.78, 5) is 24.2. The minimum Gasteiger partial charge on any atom is -0.463 e. The highest BCUT2D eigenvalue weighted by molar-refractivity contribution is 6.30. The Morgan fingerprint density at radius 3 is 2.70 bits per heavy atom. The number of furan rings is 1. The summed E-state index contributed by atoms with van der Waals surface area (Å²) in [7, 11) is 0. The lowest BCUT2D eigenvalue weighted by Gasteiger charge is -2.08. The van der Waals surface area contributed by atoms with E-state index in [0.717, 1.165) is 0 Å². The zero-order valence-electron chi connectivity index (χ0n) is 14.9. The van der Waals surface area contributed by atoms with Gasteiger partial charge in [0.25, 0.3) is 5.91 Å². The van der Waals surface area contributed by atoms with Gasteiger partial charge in [-0.1, -0.05) is 17.7 Å². The molecule has 0 spiro atoms. The fourth-order valence-electron chi connectivity index (χ4n) is 2.52. The summed E-state index contributed by atoms with van der Waals surface area (Å²) < 4.78 is 7.03. The van der Waals surface area contributed by atoms with E-state index in [-0.39, 0.29) is 24.2 Å². The predicted octanol–water partition coefficient (Wildman–Crippen LogP) is 3.04. The van der Waals surface area contributed by atoms with Gasteiger partial charge >= 0.3 is 0 Å². The van der Waals surface area contributed by atoms with E-state index >= 15 is 0 Å². The highest BCUT2D eigenvalue weighted by atomic mass is 35.5. The molecule has 2 amide bonds. The van der Waals surface area contributed by atoms with E-state index in [1.54, 1.807) is 47.3 Å². The topological polar surface area (TPSA) is 89.2 Å². The number of hydrogen-bond donors (Lipinski definition) is 2. The van der Waals surface area contributed by atoms with Gasteiger partial charge in [0.2, 0.25) is 5.91 Å². The van der Waals surface area contributed by atoms with Gasteiger partial charge in [-0.2, -0.15) is 5.10 Å². The summed E-state index contributed by atoms with van der Waals surface area (Å²) in [6, 6.07) is 12.2. The van der Waals surface area contributed by atoms with Crippen LogP contribution >= 0.6 is 11.6 Å². The van der Waals surface area contributed by atoms with E-state index in [0.29, 0.717) is 22.2 Å². The highest BCUT2D eigenvalue weighted by Gasteiger charge is 2.19. The van der Waals surface area contributed by atoms with Gasteiger partial charge in [-0.15, -0.1) is 0 Å². The van der Waals surface area contributed by atoms with Crippen LogP contribution in [0, 0.1) is 0 Å². The number of nitrogens with zero attached hydrogens (tertiary/aromatic N) is 2. The lowest BCUT2D eigenvalue weighted by Crippen LogP contribution is -2.39. The van der Waals surface area contributed by atoms with Crippen LogP contribution in [0.25, 0.3) is 17.1 Å². The first-order valence-corrected chi connectivity index (χ1v) is 8.79. The molecule has 1 aromatic carbocycles. The normalized spacial score (nSPS) is 10.8. The number of carbonyl (C=O) groups is 2. The number of halogens is 1. The molecule has 0 aliphatic carbocycles. The number of nitrogens with one attached hydrogen (secondary N) is 2. The summed E-state index contributed by atoms with van der Waals surface area (Å²) in [5.41, 5.74) is 1.45. The van der Waals surface area contributed by atoms with Crippen molar-refractivity contribution in [3.63, 3.8) is 0 Å². The SMILES string of the molecule is CC(C)NC(=O)CNC(=O)c1cc(-c2ccco2)n(-c2cccc(Cl)c2)n1. The second kappa shape index (κ2) is 8.09. The lowest BCUT2D eigenvalue weighted by atomic mass is 10.2. The van der Waals surface area contributed by atoms with Crippen molar-refractivity contribution < 1.29 is 14.0 Å². The lowest BCUT2D eigenvalue weighted by molar-refractivity contribution is -0.120. The highest BCUT2D eigenvalue weighted by Crippen LogP contribution is 2.25. The maximum Gasteiger partial charge on any atom is 0.272 e. The van der Waals surface area contributed by atoms with Gasteiger partial charge in [0, 0.05) is 17.1 Å². The van der Waals surface area contributed by atoms with Gasteiger partial charge in [-0.05, 0) is 44.2 Å². The third-order valence-corrected chi connectivity index (χ3v) is 3.86. The fraction of sp³-hybridized carbons (Fsp3) is 0.211. The Bertz CT molecular complexity index is 948. The average molecular weight is 387 g/mol. The van der Waals surface area contributed by atoms with E-state index in [1.165, 1.54) is 0 Å². The van der Waals surface area contributed by atoms with Crippen molar-refractivity contribution in [2.24, 2.45) is 0 Å². The first-order valence-electron chi connectivity index (χ1n) is 8.41. The molecule has 0 unspecified atom stereocenters. The van der Waals surface area contributed by atoms with Crippen molar-refractivity contribution in [1.82, 2.24) is 20.4 Å². The summed E-state index contributed by atoms with van der Waals surface area (Å²) in [6.07, 6.45) is 1.54. The molecule has 3 aromatic rings. The molecule has 0 radical (unpaired) electrons. The molecule has 0 aliphatic heterocycles. The number of amides is 2. The van der Waals surface area contributed by atoms with Gasteiger partial charge in [-0.25, -0.2) is 4.68 Å². The summed E-state index contributed by atoms with van der Waals surface area (Å²) in [5, 5.41) is 10.2. The Labute approximate surface area is 161 Å². The molecule has 0 fully saturated rings. The Hall–Kier alpha value is -3.06. The van der Waals surface area contributed by atoms with Crippen molar-refractivity contribution in [3.05, 3.63) is 59.4 Å². The maximum absolute atomic E-state index is 12.4. The van der Waals surface area contributed by atoms with Crippen LogP contribution in [0.2, 0.25) is 5.02 Å². The van der Waals surface area contributed by atoms with Crippen LogP contribution in [0.15, 0.2) is 53.1 Å². The zero-order chi connectivity index (χ0) is 19.4. The predicted molar refractivity (Wildman–Crippen MR) is 102 cm³/mol. The Morgan fingerprint density at radius 1 is 1.22 bits per heavy atom. The average Bonchev–Trinajstić information content (AvgIpc) is 3.28. The Balaban J connectivity index is 1.88. The van der Waals surface area contributed by atoms with E-state index in [4.69, 9.17) is 16.0 Å². The molecule has 2 aromatic heterocycles. The van der Waals surface area contributed by atoms with Crippen molar-refractivity contribution >= 4 is 23.4 Å². The quantitative estimate of drug-likeness (QED) is 0.681. The minimum absolute atomic E-state index is 0.00185. The maximum atomic E-state index is 12.4. The van der Waals surface area contributed by atoms with E-state index in [1.807, 2.05) is 19.9 Å². The zero-order valence-corrected chi connectivity index (χ0v) is 15.7. The summed E-state index contributed by atoms with van der Waals surface area (Å²) in [5.74, 6) is -0.166. The Kier molecular flexibility index (Phi) is 5.61. The first-order chi connectivity index (χ1) is 12.9. The number of hydrogen-bond acceptors (Lipinski definition) is 4. The molecule has 2 N–H and O–H groups in total. The van der Waals surface area contributed by atoms with Crippen LogP contribution in [0.3, 0.4) is 0 Å². The molecule has 0 bridgehead atoms. The van der Waals surface area contributed by atoms with Crippen LogP contribution in [-0.2, 0) is 4.79 Å². The Morgan fingerprint density at radius 2 is 2.04 bits per heavy atom. The third kappa shape index (κ3) is 4.57. The van der Waals surface area contributed by atoms with Crippen LogP contribution in [-0.4, -0.2) is 34.2 Å². The molecule has 0 aliphatic rings. The first kappa shape index (κ1) is 18.7. The molecular formula is C19H19ClN4O3. The monoisotopic (exact) mass is 386 g/mol. The largest absolute Gasteiger partial charge is 0.463 e. The molecule has 0 saturated carbocycles. The molecule has 140 valence electrons. The van der Waals surface area contributed by atoms with Crippen LogP contribution < -0.4 is 10.6 Å². The smallest absolute Gasteiger partial charge is 0.272 e. The van der Waals surface area contributed by atoms with Gasteiger partial charge in [0.05, 0.1) is 18.5 Å². The minimum atomic E-state index is -0.456. The molecule has 3 rings (SSSR count). The van der Waals surface area contributed by atoms with Crippen LogP contribution in [0.1, 0.15) is 24.3 Å². The van der Waals surface area contributed by atoms with Crippen LogP contribution in [0.4, 0.5) is 0 Å². The standard InChI is InChI=1S/C19H19ClN4O3/c1-12(2)22-18(25)11-21-19(26)15-10-16(17-7-4-8-27-17)24(23-15)14-6-3-5-13(20)9-14/h3-10,12H,11H2,1-2H3,(H,21,26)(H,22,25). The molecule has 2 heterocycles.